The van der Waals surface area contributed by atoms with Crippen molar-refractivity contribution >= 4 is 27.8 Å². The van der Waals surface area contributed by atoms with Gasteiger partial charge in [0.1, 0.15) is 17.0 Å². The first-order valence-electron chi connectivity index (χ1n) is 16.9. The topological polar surface area (TPSA) is 113 Å². The average molecular weight is 710 g/mol. The van der Waals surface area contributed by atoms with E-state index < -0.39 is 17.3 Å². The third-order valence-electron chi connectivity index (χ3n) is 10.2. The van der Waals surface area contributed by atoms with Gasteiger partial charge in [0, 0.05) is 66.7 Å². The lowest BCUT2D eigenvalue weighted by Crippen LogP contribution is -2.56. The number of nitrogens with zero attached hydrogens (tertiary/aromatic N) is 6. The van der Waals surface area contributed by atoms with Crippen molar-refractivity contribution < 1.29 is 23.7 Å². The van der Waals surface area contributed by atoms with E-state index in [9.17, 15) is 10.1 Å². The highest BCUT2D eigenvalue weighted by atomic mass is 79.9. The summed E-state index contributed by atoms with van der Waals surface area (Å²) in [5, 5.41) is 9.71. The molecule has 47 heavy (non-hydrogen) atoms. The molecule has 2 aromatic rings. The maximum Gasteiger partial charge on any atom is 0.410 e. The van der Waals surface area contributed by atoms with Crippen LogP contribution in [0.4, 0.5) is 10.6 Å². The third-order valence-corrected chi connectivity index (χ3v) is 10.9. The minimum atomic E-state index is -0.620. The third kappa shape index (κ3) is 6.82. The van der Waals surface area contributed by atoms with Gasteiger partial charge in [0.05, 0.1) is 50.7 Å². The van der Waals surface area contributed by atoms with Gasteiger partial charge in [0.15, 0.2) is 0 Å². The molecule has 0 N–H and O–H groups in total. The van der Waals surface area contributed by atoms with Crippen LogP contribution in [0.1, 0.15) is 68.8 Å². The number of morpholine rings is 1. The van der Waals surface area contributed by atoms with E-state index in [0.29, 0.717) is 45.3 Å². The molecule has 1 unspecified atom stereocenters. The molecule has 2 atom stereocenters. The van der Waals surface area contributed by atoms with Gasteiger partial charge in [-0.05, 0) is 58.1 Å². The molecule has 252 valence electrons. The summed E-state index contributed by atoms with van der Waals surface area (Å²) in [6, 6.07) is 8.70. The van der Waals surface area contributed by atoms with Crippen molar-refractivity contribution in [3.05, 3.63) is 45.1 Å². The van der Waals surface area contributed by atoms with Crippen molar-refractivity contribution in [3.8, 4) is 12.1 Å². The second-order valence-corrected chi connectivity index (χ2v) is 15.7. The van der Waals surface area contributed by atoms with Gasteiger partial charge in [-0.1, -0.05) is 28.1 Å². The predicted octanol–water partition coefficient (Wildman–Crippen LogP) is 4.98. The number of rotatable bonds is 7. The highest BCUT2D eigenvalue weighted by molar-refractivity contribution is 9.10. The fourth-order valence-electron chi connectivity index (χ4n) is 7.58. The van der Waals surface area contributed by atoms with Crippen LogP contribution in [0.15, 0.2) is 22.7 Å². The van der Waals surface area contributed by atoms with Gasteiger partial charge in [-0.3, -0.25) is 4.90 Å². The van der Waals surface area contributed by atoms with E-state index in [1.807, 2.05) is 20.8 Å². The standard InChI is InChI=1S/C35H45BrN6O5/c1-33(2,3)47-32(43)42-14-13-41(20-25(42)8-12-37)30-26-21-46-35(9-7-24-5-4-6-27(36)29(24)35)19-28(26)38-31(39-30)45-23-34(10-11-34)22-40-15-17-44-18-16-40/h4-6,25H,7-11,13-23H2,1-3H3/t25-,35?/m0/s1. The van der Waals surface area contributed by atoms with E-state index in [0.717, 1.165) is 80.1 Å². The number of carbonyl (C=O) groups excluding carboxylic acids is 1. The van der Waals surface area contributed by atoms with Crippen molar-refractivity contribution in [2.45, 2.75) is 83.1 Å². The molecule has 3 fully saturated rings. The largest absolute Gasteiger partial charge is 0.463 e. The van der Waals surface area contributed by atoms with Crippen molar-refractivity contribution in [1.82, 2.24) is 19.8 Å². The molecule has 2 aliphatic carbocycles. The van der Waals surface area contributed by atoms with Crippen molar-refractivity contribution in [3.63, 3.8) is 0 Å². The molecule has 5 aliphatic rings. The van der Waals surface area contributed by atoms with Crippen molar-refractivity contribution in [2.24, 2.45) is 5.41 Å². The molecule has 0 radical (unpaired) electrons. The summed E-state index contributed by atoms with van der Waals surface area (Å²) >= 11 is 3.81. The average Bonchev–Trinajstić information content (AvgIpc) is 3.71. The van der Waals surface area contributed by atoms with E-state index in [4.69, 9.17) is 28.9 Å². The highest BCUT2D eigenvalue weighted by Gasteiger charge is 2.47. The smallest absolute Gasteiger partial charge is 0.410 e. The molecule has 12 heteroatoms. The number of aromatic nitrogens is 2. The first-order chi connectivity index (χ1) is 22.6. The highest BCUT2D eigenvalue weighted by Crippen LogP contribution is 2.50. The quantitative estimate of drug-likeness (QED) is 0.390. The van der Waals surface area contributed by atoms with Crippen LogP contribution in [0.25, 0.3) is 0 Å². The number of piperazine rings is 1. The van der Waals surface area contributed by atoms with Gasteiger partial charge in [0.25, 0.3) is 0 Å². The summed E-state index contributed by atoms with van der Waals surface area (Å²) in [6.07, 6.45) is 4.54. The number of nitriles is 1. The van der Waals surface area contributed by atoms with E-state index in [-0.39, 0.29) is 17.9 Å². The zero-order chi connectivity index (χ0) is 32.8. The number of hydrogen-bond donors (Lipinski definition) is 0. The van der Waals surface area contributed by atoms with Crippen LogP contribution in [-0.2, 0) is 39.3 Å². The molecule has 7 rings (SSSR count). The van der Waals surface area contributed by atoms with Crippen LogP contribution < -0.4 is 9.64 Å². The summed E-state index contributed by atoms with van der Waals surface area (Å²) < 4.78 is 25.6. The number of aryl methyl sites for hydroxylation is 1. The summed E-state index contributed by atoms with van der Waals surface area (Å²) in [7, 11) is 0. The molecular formula is C35H45BrN6O5. The summed E-state index contributed by atoms with van der Waals surface area (Å²) in [5.41, 5.74) is 3.47. The number of benzene rings is 1. The molecule has 1 amide bonds. The zero-order valence-corrected chi connectivity index (χ0v) is 29.3. The maximum atomic E-state index is 13.1. The summed E-state index contributed by atoms with van der Waals surface area (Å²) in [4.78, 5) is 29.6. The number of hydrogen-bond acceptors (Lipinski definition) is 10. The number of anilines is 1. The number of carbonyl (C=O) groups is 1. The number of amides is 1. The maximum absolute atomic E-state index is 13.1. The molecule has 3 aliphatic heterocycles. The Hall–Kier alpha value is -2.98. The lowest BCUT2D eigenvalue weighted by atomic mass is 9.87. The van der Waals surface area contributed by atoms with E-state index >= 15 is 0 Å². The Bertz CT molecular complexity index is 1550. The van der Waals surface area contributed by atoms with Crippen LogP contribution in [-0.4, -0.2) is 96.6 Å². The second-order valence-electron chi connectivity index (χ2n) is 14.8. The lowest BCUT2D eigenvalue weighted by Gasteiger charge is -2.43. The molecule has 1 aromatic heterocycles. The Morgan fingerprint density at radius 2 is 1.96 bits per heavy atom. The molecule has 11 nitrogen and oxygen atoms in total. The molecule has 1 aromatic carbocycles. The Labute approximate surface area is 285 Å². The van der Waals surface area contributed by atoms with Gasteiger partial charge in [0.2, 0.25) is 0 Å². The van der Waals surface area contributed by atoms with Crippen LogP contribution >= 0.6 is 15.9 Å². The molecule has 4 heterocycles. The minimum Gasteiger partial charge on any atom is -0.463 e. The van der Waals surface area contributed by atoms with Gasteiger partial charge in [-0.15, -0.1) is 0 Å². The molecule has 1 spiro atoms. The van der Waals surface area contributed by atoms with Gasteiger partial charge in [-0.25, -0.2) is 4.79 Å². The van der Waals surface area contributed by atoms with Crippen LogP contribution in [0, 0.1) is 16.7 Å². The Kier molecular flexibility index (Phi) is 8.87. The first kappa shape index (κ1) is 32.6. The number of halogens is 1. The number of fused-ring (bicyclic) bond motifs is 3. The SMILES string of the molecule is CC(C)(C)OC(=O)N1CCN(c2nc(OCC3(CN4CCOCC4)CC3)nc3c2COC2(CCc4cccc(Br)c42)C3)C[C@@H]1CC#N. The Balaban J connectivity index is 1.17. The van der Waals surface area contributed by atoms with E-state index in [1.165, 1.54) is 11.1 Å². The van der Waals surface area contributed by atoms with Crippen molar-refractivity contribution in [1.29, 1.82) is 5.26 Å². The normalized spacial score (nSPS) is 25.2. The Morgan fingerprint density at radius 1 is 1.15 bits per heavy atom. The summed E-state index contributed by atoms with van der Waals surface area (Å²) in [6.45, 7) is 12.4. The van der Waals surface area contributed by atoms with Gasteiger partial charge in [-0.2, -0.15) is 15.2 Å². The molecule has 0 bridgehead atoms. The monoisotopic (exact) mass is 708 g/mol. The molecular weight excluding hydrogens is 664 g/mol. The second kappa shape index (κ2) is 12.8. The van der Waals surface area contributed by atoms with Gasteiger partial charge >= 0.3 is 12.1 Å². The fraction of sp³-hybridized carbons (Fsp3) is 0.657. The van der Waals surface area contributed by atoms with Crippen molar-refractivity contribution in [2.75, 3.05) is 64.0 Å². The van der Waals surface area contributed by atoms with Gasteiger partial charge < -0.3 is 28.7 Å². The molecule has 1 saturated carbocycles. The molecule has 2 saturated heterocycles. The minimum absolute atomic E-state index is 0.118. The zero-order valence-electron chi connectivity index (χ0n) is 27.7. The first-order valence-corrected chi connectivity index (χ1v) is 17.7. The van der Waals surface area contributed by atoms with Crippen LogP contribution in [0.3, 0.4) is 0 Å². The fourth-order valence-corrected chi connectivity index (χ4v) is 8.35. The van der Waals surface area contributed by atoms with Crippen LogP contribution in [0.2, 0.25) is 0 Å². The lowest BCUT2D eigenvalue weighted by molar-refractivity contribution is -0.0735. The van der Waals surface area contributed by atoms with E-state index in [2.05, 4.69) is 50.0 Å². The predicted molar refractivity (Wildman–Crippen MR) is 178 cm³/mol. The van der Waals surface area contributed by atoms with Crippen LogP contribution in [0.5, 0.6) is 6.01 Å². The summed E-state index contributed by atoms with van der Waals surface area (Å²) in [5.74, 6) is 0.773. The van der Waals surface area contributed by atoms with E-state index in [1.54, 1.807) is 4.90 Å². The number of ether oxygens (including phenoxy) is 4. The Morgan fingerprint density at radius 3 is 2.70 bits per heavy atom.